The summed E-state index contributed by atoms with van der Waals surface area (Å²) < 4.78 is 29.5. The molecular formula is C19H31IN4O4S. The molecule has 0 atom stereocenters. The molecule has 8 nitrogen and oxygen atoms in total. The average molecular weight is 538 g/mol. The summed E-state index contributed by atoms with van der Waals surface area (Å²) in [6.07, 6.45) is 0.227. The summed E-state index contributed by atoms with van der Waals surface area (Å²) in [6.45, 7) is 5.15. The smallest absolute Gasteiger partial charge is 0.409 e. The van der Waals surface area contributed by atoms with Crippen LogP contribution in [0.25, 0.3) is 0 Å². The molecule has 0 radical (unpaired) electrons. The summed E-state index contributed by atoms with van der Waals surface area (Å²) in [7, 11) is -1.44. The minimum absolute atomic E-state index is 0. The van der Waals surface area contributed by atoms with Gasteiger partial charge in [0.1, 0.15) is 0 Å². The quantitative estimate of drug-likeness (QED) is 0.247. The molecule has 2 rings (SSSR count). The summed E-state index contributed by atoms with van der Waals surface area (Å²) >= 11 is 0. The first-order chi connectivity index (χ1) is 13.4. The fraction of sp³-hybridized carbons (Fsp3) is 0.579. The first-order valence-electron chi connectivity index (χ1n) is 9.57. The van der Waals surface area contributed by atoms with Crippen molar-refractivity contribution in [1.82, 2.24) is 15.1 Å². The number of sulfone groups is 1. The number of carbonyl (C=O) groups excluding carboxylic acids is 1. The maximum atomic E-state index is 12.3. The summed E-state index contributed by atoms with van der Waals surface area (Å²) in [6, 6.07) is 9.22. The molecule has 0 spiro atoms. The van der Waals surface area contributed by atoms with Crippen molar-refractivity contribution in [1.29, 1.82) is 0 Å². The lowest BCUT2D eigenvalue weighted by Crippen LogP contribution is -2.54. The third kappa shape index (κ3) is 8.77. The third-order valence-corrected chi connectivity index (χ3v) is 6.15. The van der Waals surface area contributed by atoms with Crippen molar-refractivity contribution in [2.45, 2.75) is 19.1 Å². The van der Waals surface area contributed by atoms with Crippen LogP contribution in [0.2, 0.25) is 0 Å². The van der Waals surface area contributed by atoms with E-state index in [-0.39, 0.29) is 41.6 Å². The van der Waals surface area contributed by atoms with Gasteiger partial charge in [-0.25, -0.2) is 13.2 Å². The largest absolute Gasteiger partial charge is 0.450 e. The van der Waals surface area contributed by atoms with Gasteiger partial charge in [0, 0.05) is 39.8 Å². The van der Waals surface area contributed by atoms with Crippen molar-refractivity contribution >= 4 is 45.9 Å². The number of benzene rings is 1. The molecule has 1 aliphatic rings. The van der Waals surface area contributed by atoms with Gasteiger partial charge >= 0.3 is 6.09 Å². The van der Waals surface area contributed by atoms with Crippen LogP contribution in [0.15, 0.2) is 35.3 Å². The van der Waals surface area contributed by atoms with Gasteiger partial charge in [0.05, 0.1) is 18.1 Å². The maximum Gasteiger partial charge on any atom is 0.409 e. The molecule has 0 unspecified atom stereocenters. The Morgan fingerprint density at radius 2 is 1.76 bits per heavy atom. The number of ether oxygens (including phenoxy) is 1. The summed E-state index contributed by atoms with van der Waals surface area (Å²) in [5.41, 5.74) is 0.811. The molecular weight excluding hydrogens is 507 g/mol. The number of guanidine groups is 1. The van der Waals surface area contributed by atoms with Crippen LogP contribution in [0.3, 0.4) is 0 Å². The molecule has 1 aliphatic heterocycles. The van der Waals surface area contributed by atoms with E-state index in [1.54, 1.807) is 18.9 Å². The van der Waals surface area contributed by atoms with Crippen LogP contribution in [0.5, 0.6) is 0 Å². The molecule has 1 aromatic rings. The Labute approximate surface area is 190 Å². The fourth-order valence-electron chi connectivity index (χ4n) is 3.04. The summed E-state index contributed by atoms with van der Waals surface area (Å²) in [4.78, 5) is 19.8. The number of halogens is 1. The van der Waals surface area contributed by atoms with Crippen LogP contribution >= 0.6 is 24.0 Å². The Morgan fingerprint density at radius 3 is 2.34 bits per heavy atom. The maximum absolute atomic E-state index is 12.3. The Bertz CT molecular complexity index is 751. The highest BCUT2D eigenvalue weighted by Gasteiger charge is 2.23. The van der Waals surface area contributed by atoms with E-state index in [1.165, 1.54) is 0 Å². The highest BCUT2D eigenvalue weighted by atomic mass is 127. The summed E-state index contributed by atoms with van der Waals surface area (Å²) in [5.74, 6) is 0.921. The number of hydrogen-bond acceptors (Lipinski definition) is 5. The molecule has 1 saturated heterocycles. The highest BCUT2D eigenvalue weighted by Crippen LogP contribution is 2.07. The van der Waals surface area contributed by atoms with Gasteiger partial charge < -0.3 is 19.9 Å². The topological polar surface area (TPSA) is 91.3 Å². The molecule has 0 aromatic heterocycles. The van der Waals surface area contributed by atoms with Crippen molar-refractivity contribution in [2.75, 3.05) is 52.1 Å². The number of hydrogen-bond donors (Lipinski definition) is 1. The van der Waals surface area contributed by atoms with Gasteiger partial charge in [-0.05, 0) is 18.9 Å². The Balaban J connectivity index is 0.00000420. The lowest BCUT2D eigenvalue weighted by Gasteiger charge is -2.35. The van der Waals surface area contributed by atoms with Crippen molar-refractivity contribution in [3.05, 3.63) is 35.9 Å². The van der Waals surface area contributed by atoms with E-state index in [0.717, 1.165) is 11.5 Å². The van der Waals surface area contributed by atoms with Gasteiger partial charge in [-0.3, -0.25) is 4.99 Å². The molecule has 1 N–H and O–H groups in total. The van der Waals surface area contributed by atoms with Gasteiger partial charge in [-0.1, -0.05) is 30.3 Å². The van der Waals surface area contributed by atoms with E-state index < -0.39 is 9.84 Å². The molecule has 0 aliphatic carbocycles. The highest BCUT2D eigenvalue weighted by molar-refractivity contribution is 14.0. The molecule has 29 heavy (non-hydrogen) atoms. The van der Waals surface area contributed by atoms with Crippen LogP contribution in [0.1, 0.15) is 18.9 Å². The molecule has 0 saturated carbocycles. The number of nitrogens with zero attached hydrogens (tertiary/aromatic N) is 3. The van der Waals surface area contributed by atoms with E-state index in [9.17, 15) is 13.2 Å². The van der Waals surface area contributed by atoms with Gasteiger partial charge in [-0.2, -0.15) is 0 Å². The van der Waals surface area contributed by atoms with Crippen molar-refractivity contribution in [3.8, 4) is 0 Å². The second kappa shape index (κ2) is 12.9. The second-order valence-electron chi connectivity index (χ2n) is 6.58. The lowest BCUT2D eigenvalue weighted by molar-refractivity contribution is 0.0915. The minimum atomic E-state index is -3.14. The predicted octanol–water partition coefficient (Wildman–Crippen LogP) is 1.96. The van der Waals surface area contributed by atoms with Crippen molar-refractivity contribution < 1.29 is 17.9 Å². The van der Waals surface area contributed by atoms with Gasteiger partial charge in [0.15, 0.2) is 15.8 Å². The SMILES string of the molecule is CCOC(=O)N1CCN(C(=NC)NCCCS(=O)(=O)Cc2ccccc2)CC1.I. The molecule has 1 amide bonds. The Hall–Kier alpha value is -1.56. The molecule has 1 fully saturated rings. The normalized spacial score (nSPS) is 14.9. The lowest BCUT2D eigenvalue weighted by atomic mass is 10.2. The molecule has 10 heteroatoms. The number of aliphatic imine (C=N–C) groups is 1. The number of nitrogens with one attached hydrogen (secondary N) is 1. The van der Waals surface area contributed by atoms with Crippen LogP contribution in [0.4, 0.5) is 4.79 Å². The van der Waals surface area contributed by atoms with E-state index >= 15 is 0 Å². The number of rotatable bonds is 7. The van der Waals surface area contributed by atoms with E-state index in [2.05, 4.69) is 15.2 Å². The van der Waals surface area contributed by atoms with Crippen LogP contribution in [-0.2, 0) is 20.3 Å². The Morgan fingerprint density at radius 1 is 1.14 bits per heavy atom. The zero-order valence-electron chi connectivity index (χ0n) is 17.0. The minimum Gasteiger partial charge on any atom is -0.450 e. The third-order valence-electron chi connectivity index (χ3n) is 4.46. The number of carbonyl (C=O) groups is 1. The fourth-order valence-corrected chi connectivity index (χ4v) is 4.47. The first-order valence-corrected chi connectivity index (χ1v) is 11.4. The van der Waals surface area contributed by atoms with Crippen molar-refractivity contribution in [3.63, 3.8) is 0 Å². The zero-order valence-corrected chi connectivity index (χ0v) is 20.2. The standard InChI is InChI=1S/C19H30N4O4S.HI/c1-3-27-19(24)23-13-11-22(12-14-23)18(20-2)21-10-7-15-28(25,26)16-17-8-5-4-6-9-17;/h4-6,8-9H,3,7,10-16H2,1-2H3,(H,20,21);1H. The van der Waals surface area contributed by atoms with Gasteiger partial charge in [-0.15, -0.1) is 24.0 Å². The van der Waals surface area contributed by atoms with Gasteiger partial charge in [0.2, 0.25) is 0 Å². The van der Waals surface area contributed by atoms with Crippen LogP contribution < -0.4 is 5.32 Å². The molecule has 164 valence electrons. The first kappa shape index (κ1) is 25.5. The van der Waals surface area contributed by atoms with E-state index in [1.807, 2.05) is 30.3 Å². The Kier molecular flexibility index (Phi) is 11.3. The van der Waals surface area contributed by atoms with Gasteiger partial charge in [0.25, 0.3) is 0 Å². The van der Waals surface area contributed by atoms with Crippen LogP contribution in [0, 0.1) is 0 Å². The predicted molar refractivity (Wildman–Crippen MR) is 125 cm³/mol. The molecule has 0 bridgehead atoms. The average Bonchev–Trinajstić information content (AvgIpc) is 2.69. The van der Waals surface area contributed by atoms with Crippen LogP contribution in [-0.4, -0.2) is 82.4 Å². The molecule has 1 heterocycles. The summed E-state index contributed by atoms with van der Waals surface area (Å²) in [5, 5.41) is 3.22. The monoisotopic (exact) mass is 538 g/mol. The number of amides is 1. The number of piperazine rings is 1. The zero-order chi connectivity index (χ0) is 20.4. The molecule has 1 aromatic carbocycles. The van der Waals surface area contributed by atoms with Crippen molar-refractivity contribution in [2.24, 2.45) is 4.99 Å². The second-order valence-corrected chi connectivity index (χ2v) is 8.76. The van der Waals surface area contributed by atoms with E-state index in [4.69, 9.17) is 4.74 Å². The van der Waals surface area contributed by atoms with E-state index in [0.29, 0.717) is 45.8 Å².